The van der Waals surface area contributed by atoms with Crippen LogP contribution in [-0.2, 0) is 11.0 Å². The molecule has 1 fully saturated rings. The van der Waals surface area contributed by atoms with Crippen molar-refractivity contribution in [1.29, 1.82) is 0 Å². The molecule has 0 aliphatic heterocycles. The van der Waals surface area contributed by atoms with Gasteiger partial charge in [0.1, 0.15) is 0 Å². The molecule has 0 saturated heterocycles. The molecule has 2 atom stereocenters. The van der Waals surface area contributed by atoms with Crippen molar-refractivity contribution in [2.24, 2.45) is 5.92 Å². The van der Waals surface area contributed by atoms with Crippen molar-refractivity contribution < 1.29 is 22.7 Å². The standard InChI is InChI=1S/C23H16F3N3O2/c24-23(25,26)16-8-6-15(7-9-16)19-13-28-29-20(10-11-27-21(19)29)31-22(30)18-12-17(18)14-4-2-1-3-5-14/h1-11,13,17-18H,12H2. The molecule has 2 aromatic heterocycles. The van der Waals surface area contributed by atoms with Crippen molar-refractivity contribution in [3.8, 4) is 17.0 Å². The fraction of sp³-hybridized carbons (Fsp3) is 0.174. The van der Waals surface area contributed by atoms with Crippen LogP contribution in [0.15, 0.2) is 73.1 Å². The van der Waals surface area contributed by atoms with Crippen molar-refractivity contribution in [3.63, 3.8) is 0 Å². The van der Waals surface area contributed by atoms with E-state index in [2.05, 4.69) is 10.1 Å². The minimum absolute atomic E-state index is 0.145. The minimum atomic E-state index is -4.40. The van der Waals surface area contributed by atoms with Gasteiger partial charge in [-0.1, -0.05) is 42.5 Å². The Morgan fingerprint density at radius 3 is 2.48 bits per heavy atom. The summed E-state index contributed by atoms with van der Waals surface area (Å²) in [6.45, 7) is 0. The van der Waals surface area contributed by atoms with Gasteiger partial charge in [-0.2, -0.15) is 22.8 Å². The van der Waals surface area contributed by atoms with E-state index in [1.807, 2.05) is 30.3 Å². The number of rotatable bonds is 4. The topological polar surface area (TPSA) is 56.5 Å². The summed E-state index contributed by atoms with van der Waals surface area (Å²) >= 11 is 0. The first-order chi connectivity index (χ1) is 14.9. The van der Waals surface area contributed by atoms with Gasteiger partial charge in [-0.15, -0.1) is 0 Å². The van der Waals surface area contributed by atoms with Gasteiger partial charge in [-0.3, -0.25) is 4.79 Å². The van der Waals surface area contributed by atoms with E-state index >= 15 is 0 Å². The predicted molar refractivity (Wildman–Crippen MR) is 106 cm³/mol. The Balaban J connectivity index is 1.38. The fourth-order valence-electron chi connectivity index (χ4n) is 3.69. The maximum atomic E-state index is 12.8. The van der Waals surface area contributed by atoms with Gasteiger partial charge in [0.05, 0.1) is 17.7 Å². The molecule has 1 aliphatic carbocycles. The van der Waals surface area contributed by atoms with Crippen molar-refractivity contribution in [2.75, 3.05) is 0 Å². The zero-order chi connectivity index (χ0) is 21.6. The maximum absolute atomic E-state index is 12.8. The number of alkyl halides is 3. The number of hydrogen-bond donors (Lipinski definition) is 0. The summed E-state index contributed by atoms with van der Waals surface area (Å²) in [5.41, 5.74) is 1.84. The first-order valence-corrected chi connectivity index (χ1v) is 9.69. The number of halogens is 3. The van der Waals surface area contributed by atoms with Crippen LogP contribution in [0, 0.1) is 5.92 Å². The van der Waals surface area contributed by atoms with Crippen LogP contribution in [0.1, 0.15) is 23.5 Å². The molecule has 2 unspecified atom stereocenters. The summed E-state index contributed by atoms with van der Waals surface area (Å²) in [6, 6.07) is 16.1. The summed E-state index contributed by atoms with van der Waals surface area (Å²) < 4.78 is 45.4. The molecular weight excluding hydrogens is 407 g/mol. The Hall–Kier alpha value is -3.68. The van der Waals surface area contributed by atoms with Gasteiger partial charge >= 0.3 is 12.1 Å². The second-order valence-corrected chi connectivity index (χ2v) is 7.43. The molecule has 0 N–H and O–H groups in total. The smallest absolute Gasteiger partial charge is 0.407 e. The highest BCUT2D eigenvalue weighted by Gasteiger charge is 2.45. The van der Waals surface area contributed by atoms with Crippen LogP contribution in [0.2, 0.25) is 0 Å². The summed E-state index contributed by atoms with van der Waals surface area (Å²) in [6.07, 6.45) is -0.701. The van der Waals surface area contributed by atoms with Crippen LogP contribution >= 0.6 is 0 Å². The number of nitrogens with zero attached hydrogens (tertiary/aromatic N) is 3. The first-order valence-electron chi connectivity index (χ1n) is 9.69. The summed E-state index contributed by atoms with van der Waals surface area (Å²) in [7, 11) is 0. The van der Waals surface area contributed by atoms with Crippen molar-refractivity contribution in [3.05, 3.63) is 84.2 Å². The second kappa shape index (κ2) is 7.23. The first kappa shape index (κ1) is 19.3. The number of aromatic nitrogens is 3. The van der Waals surface area contributed by atoms with Gasteiger partial charge in [0.2, 0.25) is 5.88 Å². The average molecular weight is 423 g/mol. The van der Waals surface area contributed by atoms with Gasteiger partial charge in [-0.05, 0) is 35.6 Å². The van der Waals surface area contributed by atoms with E-state index in [1.54, 1.807) is 0 Å². The van der Waals surface area contributed by atoms with E-state index < -0.39 is 11.7 Å². The molecular formula is C23H16F3N3O2. The highest BCUT2D eigenvalue weighted by atomic mass is 19.4. The van der Waals surface area contributed by atoms with E-state index in [4.69, 9.17) is 4.74 Å². The molecule has 0 radical (unpaired) electrons. The van der Waals surface area contributed by atoms with Gasteiger partial charge in [0, 0.05) is 17.8 Å². The predicted octanol–water partition coefficient (Wildman–Crippen LogP) is 5.12. The zero-order valence-corrected chi connectivity index (χ0v) is 16.1. The number of benzene rings is 2. The molecule has 31 heavy (non-hydrogen) atoms. The lowest BCUT2D eigenvalue weighted by molar-refractivity contribution is -0.138. The number of carbonyl (C=O) groups is 1. The van der Waals surface area contributed by atoms with Gasteiger partial charge in [0.25, 0.3) is 0 Å². The van der Waals surface area contributed by atoms with E-state index in [9.17, 15) is 18.0 Å². The monoisotopic (exact) mass is 423 g/mol. The maximum Gasteiger partial charge on any atom is 0.416 e. The largest absolute Gasteiger partial charge is 0.416 e. The number of ether oxygens (including phenoxy) is 1. The van der Waals surface area contributed by atoms with Crippen molar-refractivity contribution >= 4 is 11.6 Å². The molecule has 1 saturated carbocycles. The van der Waals surface area contributed by atoms with E-state index in [0.29, 0.717) is 16.8 Å². The molecule has 0 bridgehead atoms. The van der Waals surface area contributed by atoms with Crippen molar-refractivity contribution in [2.45, 2.75) is 18.5 Å². The quantitative estimate of drug-likeness (QED) is 0.428. The molecule has 0 amide bonds. The number of fused-ring (bicyclic) bond motifs is 1. The summed E-state index contributed by atoms with van der Waals surface area (Å²) in [5.74, 6) is -0.193. The molecule has 2 aromatic carbocycles. The second-order valence-electron chi connectivity index (χ2n) is 7.43. The van der Waals surface area contributed by atoms with Crippen LogP contribution in [0.3, 0.4) is 0 Å². The molecule has 5 nitrogen and oxygen atoms in total. The molecule has 0 spiro atoms. The zero-order valence-electron chi connectivity index (χ0n) is 16.1. The lowest BCUT2D eigenvalue weighted by atomic mass is 10.1. The molecule has 156 valence electrons. The summed E-state index contributed by atoms with van der Waals surface area (Å²) in [5, 5.41) is 4.23. The molecule has 4 aromatic rings. The van der Waals surface area contributed by atoms with Crippen LogP contribution in [0.4, 0.5) is 13.2 Å². The van der Waals surface area contributed by atoms with Gasteiger partial charge in [-0.25, -0.2) is 4.98 Å². The lowest BCUT2D eigenvalue weighted by Gasteiger charge is -2.08. The third-order valence-electron chi connectivity index (χ3n) is 5.42. The lowest BCUT2D eigenvalue weighted by Crippen LogP contribution is -2.14. The van der Waals surface area contributed by atoms with Crippen LogP contribution < -0.4 is 4.74 Å². The highest BCUT2D eigenvalue weighted by Crippen LogP contribution is 2.48. The Labute approximate surface area is 175 Å². The number of esters is 1. The van der Waals surface area contributed by atoms with E-state index in [1.165, 1.54) is 35.1 Å². The Morgan fingerprint density at radius 1 is 1.03 bits per heavy atom. The SMILES string of the molecule is O=C(Oc1ccnc2c(-c3ccc(C(F)(F)F)cc3)cnn12)C1CC1c1ccccc1. The third kappa shape index (κ3) is 3.65. The Morgan fingerprint density at radius 2 is 1.77 bits per heavy atom. The Bertz CT molecular complexity index is 1250. The Kier molecular flexibility index (Phi) is 4.50. The minimum Gasteiger partial charge on any atom is -0.407 e. The summed E-state index contributed by atoms with van der Waals surface area (Å²) in [4.78, 5) is 16.9. The molecule has 1 aliphatic rings. The van der Waals surface area contributed by atoms with Crippen molar-refractivity contribution in [1.82, 2.24) is 14.6 Å². The average Bonchev–Trinajstić information content (AvgIpc) is 3.46. The third-order valence-corrected chi connectivity index (χ3v) is 5.42. The van der Waals surface area contributed by atoms with Gasteiger partial charge in [0.15, 0.2) is 5.65 Å². The molecule has 8 heteroatoms. The van der Waals surface area contributed by atoms with E-state index in [0.717, 1.165) is 24.1 Å². The fourth-order valence-corrected chi connectivity index (χ4v) is 3.69. The van der Waals surface area contributed by atoms with E-state index in [-0.39, 0.29) is 23.7 Å². The van der Waals surface area contributed by atoms with Gasteiger partial charge < -0.3 is 4.74 Å². The molecule has 2 heterocycles. The highest BCUT2D eigenvalue weighted by molar-refractivity contribution is 5.80. The number of hydrogen-bond acceptors (Lipinski definition) is 4. The van der Waals surface area contributed by atoms with Crippen LogP contribution in [-0.4, -0.2) is 20.6 Å². The van der Waals surface area contributed by atoms with Crippen LogP contribution in [0.25, 0.3) is 16.8 Å². The number of carbonyl (C=O) groups excluding carboxylic acids is 1. The molecule has 5 rings (SSSR count). The normalized spacial score (nSPS) is 18.2. The van der Waals surface area contributed by atoms with Crippen LogP contribution in [0.5, 0.6) is 5.88 Å².